The molecular weight excluding hydrogens is 220 g/mol. The summed E-state index contributed by atoms with van der Waals surface area (Å²) in [6, 6.07) is 0. The number of rotatable bonds is 2. The number of halogens is 1. The standard InChI is InChI=1S/C9H15BrO2/c1-5-7(6-10)8(11)12-9(2,3)4/h5H,6H2,1-4H3/b7-5-. The van der Waals surface area contributed by atoms with Crippen molar-refractivity contribution in [3.63, 3.8) is 0 Å². The Bertz CT molecular complexity index is 189. The average Bonchev–Trinajstić information content (AvgIpc) is 1.85. The summed E-state index contributed by atoms with van der Waals surface area (Å²) in [4.78, 5) is 11.3. The maximum absolute atomic E-state index is 11.3. The van der Waals surface area contributed by atoms with Crippen molar-refractivity contribution in [2.75, 3.05) is 5.33 Å². The second kappa shape index (κ2) is 4.65. The first-order chi connectivity index (χ1) is 5.40. The lowest BCUT2D eigenvalue weighted by Gasteiger charge is -2.19. The molecule has 3 heteroatoms. The van der Waals surface area contributed by atoms with Crippen LogP contribution >= 0.6 is 15.9 Å². The molecule has 0 bridgehead atoms. The highest BCUT2D eigenvalue weighted by atomic mass is 79.9. The monoisotopic (exact) mass is 234 g/mol. The van der Waals surface area contributed by atoms with E-state index in [9.17, 15) is 4.79 Å². The number of alkyl halides is 1. The first-order valence-electron chi connectivity index (χ1n) is 3.85. The molecule has 0 spiro atoms. The normalized spacial score (nSPS) is 12.9. The second-order valence-corrected chi connectivity index (χ2v) is 4.01. The van der Waals surface area contributed by atoms with Gasteiger partial charge in [-0.15, -0.1) is 0 Å². The van der Waals surface area contributed by atoms with Crippen molar-refractivity contribution in [2.24, 2.45) is 0 Å². The highest BCUT2D eigenvalue weighted by molar-refractivity contribution is 9.09. The Balaban J connectivity index is 4.23. The summed E-state index contributed by atoms with van der Waals surface area (Å²) in [5.74, 6) is -0.248. The van der Waals surface area contributed by atoms with Gasteiger partial charge in [-0.2, -0.15) is 0 Å². The zero-order chi connectivity index (χ0) is 9.78. The number of allylic oxidation sites excluding steroid dienone is 1. The second-order valence-electron chi connectivity index (χ2n) is 3.45. The van der Waals surface area contributed by atoms with Crippen LogP contribution in [-0.4, -0.2) is 16.9 Å². The first kappa shape index (κ1) is 11.7. The van der Waals surface area contributed by atoms with Crippen LogP contribution in [0, 0.1) is 0 Å². The van der Waals surface area contributed by atoms with E-state index in [0.29, 0.717) is 10.9 Å². The molecule has 0 aromatic heterocycles. The van der Waals surface area contributed by atoms with Gasteiger partial charge in [-0.1, -0.05) is 22.0 Å². The summed E-state index contributed by atoms with van der Waals surface area (Å²) >= 11 is 3.22. The highest BCUT2D eigenvalue weighted by Gasteiger charge is 2.18. The Morgan fingerprint density at radius 3 is 2.25 bits per heavy atom. The van der Waals surface area contributed by atoms with E-state index in [1.165, 1.54) is 0 Å². The van der Waals surface area contributed by atoms with Crippen molar-refractivity contribution in [2.45, 2.75) is 33.3 Å². The molecule has 0 aromatic carbocycles. The first-order valence-corrected chi connectivity index (χ1v) is 4.97. The molecule has 0 N–H and O–H groups in total. The third-order valence-electron chi connectivity index (χ3n) is 1.15. The van der Waals surface area contributed by atoms with E-state index in [2.05, 4.69) is 15.9 Å². The third kappa shape index (κ3) is 4.54. The molecule has 0 aliphatic carbocycles. The largest absolute Gasteiger partial charge is 0.457 e. The van der Waals surface area contributed by atoms with Gasteiger partial charge in [-0.3, -0.25) is 0 Å². The molecule has 0 radical (unpaired) electrons. The molecule has 0 fully saturated rings. The van der Waals surface area contributed by atoms with Gasteiger partial charge in [0.2, 0.25) is 0 Å². The lowest BCUT2D eigenvalue weighted by molar-refractivity contribution is -0.149. The highest BCUT2D eigenvalue weighted by Crippen LogP contribution is 2.11. The lowest BCUT2D eigenvalue weighted by atomic mass is 10.2. The van der Waals surface area contributed by atoms with E-state index >= 15 is 0 Å². The molecule has 0 aliphatic rings. The van der Waals surface area contributed by atoms with Crippen LogP contribution in [0.3, 0.4) is 0 Å². The van der Waals surface area contributed by atoms with Crippen molar-refractivity contribution >= 4 is 21.9 Å². The Morgan fingerprint density at radius 2 is 2.00 bits per heavy atom. The van der Waals surface area contributed by atoms with Gasteiger partial charge in [0.15, 0.2) is 0 Å². The Morgan fingerprint density at radius 1 is 1.50 bits per heavy atom. The molecule has 0 amide bonds. The fraction of sp³-hybridized carbons (Fsp3) is 0.667. The van der Waals surface area contributed by atoms with Crippen LogP contribution in [0.15, 0.2) is 11.6 Å². The summed E-state index contributed by atoms with van der Waals surface area (Å²) in [6.07, 6.45) is 1.75. The average molecular weight is 235 g/mol. The number of esters is 1. The van der Waals surface area contributed by atoms with Crippen LogP contribution in [0.4, 0.5) is 0 Å². The van der Waals surface area contributed by atoms with Gasteiger partial charge < -0.3 is 4.74 Å². The van der Waals surface area contributed by atoms with E-state index in [1.54, 1.807) is 6.08 Å². The lowest BCUT2D eigenvalue weighted by Crippen LogP contribution is -2.25. The summed E-state index contributed by atoms with van der Waals surface area (Å²) in [5, 5.41) is 0.540. The molecule has 0 saturated heterocycles. The van der Waals surface area contributed by atoms with Gasteiger partial charge in [0.05, 0.1) is 0 Å². The van der Waals surface area contributed by atoms with Gasteiger partial charge in [-0.05, 0) is 27.7 Å². The minimum absolute atomic E-state index is 0.248. The van der Waals surface area contributed by atoms with Crippen molar-refractivity contribution in [1.29, 1.82) is 0 Å². The van der Waals surface area contributed by atoms with Crippen LogP contribution < -0.4 is 0 Å². The Kier molecular flexibility index (Phi) is 4.53. The van der Waals surface area contributed by atoms with Crippen LogP contribution in [0.1, 0.15) is 27.7 Å². The van der Waals surface area contributed by atoms with Crippen molar-refractivity contribution < 1.29 is 9.53 Å². The van der Waals surface area contributed by atoms with E-state index in [-0.39, 0.29) is 5.97 Å². The number of hydrogen-bond acceptors (Lipinski definition) is 2. The number of ether oxygens (including phenoxy) is 1. The van der Waals surface area contributed by atoms with Gasteiger partial charge in [0.1, 0.15) is 5.60 Å². The molecule has 70 valence electrons. The van der Waals surface area contributed by atoms with Gasteiger partial charge in [-0.25, -0.2) is 4.79 Å². The summed E-state index contributed by atoms with van der Waals surface area (Å²) in [7, 11) is 0. The Hall–Kier alpha value is -0.310. The van der Waals surface area contributed by atoms with E-state index in [4.69, 9.17) is 4.74 Å². The number of carbonyl (C=O) groups is 1. The predicted octanol–water partition coefficient (Wildman–Crippen LogP) is 2.67. The van der Waals surface area contributed by atoms with Crippen molar-refractivity contribution in [3.8, 4) is 0 Å². The van der Waals surface area contributed by atoms with Gasteiger partial charge in [0, 0.05) is 10.9 Å². The smallest absolute Gasteiger partial charge is 0.335 e. The van der Waals surface area contributed by atoms with E-state index < -0.39 is 5.60 Å². The molecule has 2 nitrogen and oxygen atoms in total. The molecule has 0 saturated carbocycles. The van der Waals surface area contributed by atoms with Crippen LogP contribution in [0.2, 0.25) is 0 Å². The summed E-state index contributed by atoms with van der Waals surface area (Å²) in [6.45, 7) is 7.38. The summed E-state index contributed by atoms with van der Waals surface area (Å²) in [5.41, 5.74) is 0.248. The zero-order valence-electron chi connectivity index (χ0n) is 7.98. The van der Waals surface area contributed by atoms with Crippen LogP contribution in [-0.2, 0) is 9.53 Å². The number of carbonyl (C=O) groups excluding carboxylic acids is 1. The van der Waals surface area contributed by atoms with Crippen LogP contribution in [0.25, 0.3) is 0 Å². The maximum atomic E-state index is 11.3. The minimum atomic E-state index is -0.409. The molecular formula is C9H15BrO2. The van der Waals surface area contributed by atoms with Gasteiger partial charge in [0.25, 0.3) is 0 Å². The molecule has 0 rings (SSSR count). The predicted molar refractivity (Wildman–Crippen MR) is 53.4 cm³/mol. The summed E-state index contributed by atoms with van der Waals surface area (Å²) < 4.78 is 5.14. The third-order valence-corrected chi connectivity index (χ3v) is 1.76. The quantitative estimate of drug-likeness (QED) is 0.418. The topological polar surface area (TPSA) is 26.3 Å². The zero-order valence-corrected chi connectivity index (χ0v) is 9.56. The molecule has 0 aromatic rings. The molecule has 0 unspecified atom stereocenters. The minimum Gasteiger partial charge on any atom is -0.457 e. The fourth-order valence-corrected chi connectivity index (χ4v) is 1.15. The molecule has 0 atom stereocenters. The van der Waals surface area contributed by atoms with Crippen LogP contribution in [0.5, 0.6) is 0 Å². The fourth-order valence-electron chi connectivity index (χ4n) is 0.593. The molecule has 12 heavy (non-hydrogen) atoms. The van der Waals surface area contributed by atoms with E-state index in [0.717, 1.165) is 0 Å². The molecule has 0 aliphatic heterocycles. The SMILES string of the molecule is C/C=C(/CBr)C(=O)OC(C)(C)C. The van der Waals surface area contributed by atoms with Crippen molar-refractivity contribution in [1.82, 2.24) is 0 Å². The Labute approximate surface area is 82.1 Å². The van der Waals surface area contributed by atoms with Gasteiger partial charge >= 0.3 is 5.97 Å². The van der Waals surface area contributed by atoms with Crippen molar-refractivity contribution in [3.05, 3.63) is 11.6 Å². The molecule has 0 heterocycles. The maximum Gasteiger partial charge on any atom is 0.335 e. The van der Waals surface area contributed by atoms with E-state index in [1.807, 2.05) is 27.7 Å². The number of hydrogen-bond donors (Lipinski definition) is 0.